The topological polar surface area (TPSA) is 58.6 Å². The first-order valence-electron chi connectivity index (χ1n) is 6.80. The fourth-order valence-electron chi connectivity index (χ4n) is 1.82. The summed E-state index contributed by atoms with van der Waals surface area (Å²) >= 11 is 0. The smallest absolute Gasteiger partial charge is 0.220 e. The predicted molar refractivity (Wildman–Crippen MR) is 74.8 cm³/mol. The second kappa shape index (κ2) is 9.53. The van der Waals surface area contributed by atoms with Gasteiger partial charge in [0.2, 0.25) is 5.91 Å². The van der Waals surface area contributed by atoms with Gasteiger partial charge in [-0.2, -0.15) is 0 Å². The van der Waals surface area contributed by atoms with E-state index < -0.39 is 0 Å². The SMILES string of the molecule is CCOCCCCC(=O)N[C@@H](CO)c1ccccc1. The van der Waals surface area contributed by atoms with E-state index in [0.29, 0.717) is 19.6 Å². The van der Waals surface area contributed by atoms with E-state index in [-0.39, 0.29) is 18.6 Å². The lowest BCUT2D eigenvalue weighted by Crippen LogP contribution is -2.30. The van der Waals surface area contributed by atoms with Crippen molar-refractivity contribution in [1.82, 2.24) is 5.32 Å². The Hall–Kier alpha value is -1.39. The van der Waals surface area contributed by atoms with E-state index >= 15 is 0 Å². The van der Waals surface area contributed by atoms with Crippen LogP contribution in [0.1, 0.15) is 37.8 Å². The normalized spacial score (nSPS) is 12.1. The lowest BCUT2D eigenvalue weighted by Gasteiger charge is -2.16. The Morgan fingerprint density at radius 1 is 1.32 bits per heavy atom. The Morgan fingerprint density at radius 2 is 2.05 bits per heavy atom. The van der Waals surface area contributed by atoms with Crippen LogP contribution in [0.4, 0.5) is 0 Å². The molecule has 1 aromatic rings. The summed E-state index contributed by atoms with van der Waals surface area (Å²) < 4.78 is 5.22. The van der Waals surface area contributed by atoms with Crippen molar-refractivity contribution in [2.24, 2.45) is 0 Å². The molecule has 1 atom stereocenters. The molecule has 1 aromatic carbocycles. The molecule has 106 valence electrons. The highest BCUT2D eigenvalue weighted by molar-refractivity contribution is 5.76. The zero-order chi connectivity index (χ0) is 13.9. The summed E-state index contributed by atoms with van der Waals surface area (Å²) in [6, 6.07) is 9.18. The summed E-state index contributed by atoms with van der Waals surface area (Å²) in [7, 11) is 0. The highest BCUT2D eigenvalue weighted by Gasteiger charge is 2.12. The molecule has 1 amide bonds. The van der Waals surface area contributed by atoms with Crippen LogP contribution in [-0.2, 0) is 9.53 Å². The molecule has 1 rings (SSSR count). The van der Waals surface area contributed by atoms with Gasteiger partial charge in [0.25, 0.3) is 0 Å². The summed E-state index contributed by atoms with van der Waals surface area (Å²) in [5, 5.41) is 12.2. The number of carbonyl (C=O) groups is 1. The second-order valence-electron chi connectivity index (χ2n) is 4.37. The number of benzene rings is 1. The molecule has 0 aliphatic heterocycles. The van der Waals surface area contributed by atoms with Gasteiger partial charge in [0.1, 0.15) is 0 Å². The van der Waals surface area contributed by atoms with Crippen molar-refractivity contribution in [2.75, 3.05) is 19.8 Å². The van der Waals surface area contributed by atoms with E-state index in [2.05, 4.69) is 5.32 Å². The zero-order valence-corrected chi connectivity index (χ0v) is 11.5. The quantitative estimate of drug-likeness (QED) is 0.672. The maximum atomic E-state index is 11.8. The number of nitrogens with one attached hydrogen (secondary N) is 1. The van der Waals surface area contributed by atoms with Crippen LogP contribution in [0.2, 0.25) is 0 Å². The number of aliphatic hydroxyl groups excluding tert-OH is 1. The maximum absolute atomic E-state index is 11.8. The van der Waals surface area contributed by atoms with Gasteiger partial charge >= 0.3 is 0 Å². The summed E-state index contributed by atoms with van der Waals surface area (Å²) in [5.74, 6) is -0.0283. The van der Waals surface area contributed by atoms with Crippen LogP contribution in [-0.4, -0.2) is 30.8 Å². The van der Waals surface area contributed by atoms with Crippen LogP contribution < -0.4 is 5.32 Å². The number of amides is 1. The van der Waals surface area contributed by atoms with Crippen LogP contribution in [0.5, 0.6) is 0 Å². The summed E-state index contributed by atoms with van der Waals surface area (Å²) in [6.07, 6.45) is 2.16. The van der Waals surface area contributed by atoms with Crippen molar-refractivity contribution in [3.8, 4) is 0 Å². The van der Waals surface area contributed by atoms with E-state index in [4.69, 9.17) is 4.74 Å². The molecule has 0 unspecified atom stereocenters. The fourth-order valence-corrected chi connectivity index (χ4v) is 1.82. The van der Waals surface area contributed by atoms with Gasteiger partial charge in [-0.1, -0.05) is 30.3 Å². The molecule has 4 nitrogen and oxygen atoms in total. The number of unbranched alkanes of at least 4 members (excludes halogenated alkanes) is 1. The highest BCUT2D eigenvalue weighted by Crippen LogP contribution is 2.12. The fraction of sp³-hybridized carbons (Fsp3) is 0.533. The van der Waals surface area contributed by atoms with Gasteiger partial charge in [-0.15, -0.1) is 0 Å². The standard InChI is InChI=1S/C15H23NO3/c1-2-19-11-7-6-10-15(18)16-14(12-17)13-8-4-3-5-9-13/h3-5,8-9,14,17H,2,6-7,10-12H2,1H3,(H,16,18)/t14-/m0/s1. The summed E-state index contributed by atoms with van der Waals surface area (Å²) in [6.45, 7) is 3.28. The van der Waals surface area contributed by atoms with Crippen molar-refractivity contribution in [1.29, 1.82) is 0 Å². The minimum Gasteiger partial charge on any atom is -0.394 e. The van der Waals surface area contributed by atoms with Gasteiger partial charge in [-0.3, -0.25) is 4.79 Å². The van der Waals surface area contributed by atoms with Crippen molar-refractivity contribution in [3.05, 3.63) is 35.9 Å². The Kier molecular flexibility index (Phi) is 7.86. The van der Waals surface area contributed by atoms with Crippen molar-refractivity contribution >= 4 is 5.91 Å². The molecule has 0 saturated carbocycles. The molecule has 19 heavy (non-hydrogen) atoms. The average Bonchev–Trinajstić information content (AvgIpc) is 2.45. The monoisotopic (exact) mass is 265 g/mol. The summed E-state index contributed by atoms with van der Waals surface area (Å²) in [5.41, 5.74) is 0.924. The van der Waals surface area contributed by atoms with E-state index in [9.17, 15) is 9.90 Å². The molecular weight excluding hydrogens is 242 g/mol. The van der Waals surface area contributed by atoms with Gasteiger partial charge in [-0.05, 0) is 25.3 Å². The second-order valence-corrected chi connectivity index (χ2v) is 4.37. The van der Waals surface area contributed by atoms with Gasteiger partial charge in [0.05, 0.1) is 12.6 Å². The molecule has 0 aromatic heterocycles. The first-order chi connectivity index (χ1) is 9.27. The lowest BCUT2D eigenvalue weighted by atomic mass is 10.1. The molecule has 0 aliphatic carbocycles. The van der Waals surface area contributed by atoms with E-state index in [1.54, 1.807) is 0 Å². The van der Waals surface area contributed by atoms with Crippen molar-refractivity contribution < 1.29 is 14.6 Å². The third-order valence-electron chi connectivity index (χ3n) is 2.87. The van der Waals surface area contributed by atoms with Crippen molar-refractivity contribution in [3.63, 3.8) is 0 Å². The minimum absolute atomic E-state index is 0.0283. The molecule has 4 heteroatoms. The van der Waals surface area contributed by atoms with Crippen LogP contribution >= 0.6 is 0 Å². The number of hydrogen-bond donors (Lipinski definition) is 2. The number of rotatable bonds is 9. The van der Waals surface area contributed by atoms with Gasteiger partial charge in [0, 0.05) is 19.6 Å². The first kappa shape index (κ1) is 15.7. The Labute approximate surface area is 114 Å². The highest BCUT2D eigenvalue weighted by atomic mass is 16.5. The van der Waals surface area contributed by atoms with Crippen LogP contribution in [0, 0.1) is 0 Å². The predicted octanol–water partition coefficient (Wildman–Crippen LogP) is 2.04. The van der Waals surface area contributed by atoms with E-state index in [1.807, 2.05) is 37.3 Å². The van der Waals surface area contributed by atoms with Gasteiger partial charge < -0.3 is 15.2 Å². The lowest BCUT2D eigenvalue weighted by molar-refractivity contribution is -0.122. The molecule has 0 heterocycles. The maximum Gasteiger partial charge on any atom is 0.220 e. The number of aliphatic hydroxyl groups is 1. The largest absolute Gasteiger partial charge is 0.394 e. The number of carbonyl (C=O) groups excluding carboxylic acids is 1. The minimum atomic E-state index is -0.319. The van der Waals surface area contributed by atoms with Crippen LogP contribution in [0.15, 0.2) is 30.3 Å². The van der Waals surface area contributed by atoms with Crippen LogP contribution in [0.3, 0.4) is 0 Å². The third kappa shape index (κ3) is 6.36. The Balaban J connectivity index is 2.30. The van der Waals surface area contributed by atoms with Crippen LogP contribution in [0.25, 0.3) is 0 Å². The molecule has 0 spiro atoms. The third-order valence-corrected chi connectivity index (χ3v) is 2.87. The zero-order valence-electron chi connectivity index (χ0n) is 11.5. The van der Waals surface area contributed by atoms with E-state index in [1.165, 1.54) is 0 Å². The van der Waals surface area contributed by atoms with Gasteiger partial charge in [0.15, 0.2) is 0 Å². The number of ether oxygens (including phenoxy) is 1. The Morgan fingerprint density at radius 3 is 2.68 bits per heavy atom. The average molecular weight is 265 g/mol. The molecular formula is C15H23NO3. The Bertz CT molecular complexity index is 354. The summed E-state index contributed by atoms with van der Waals surface area (Å²) in [4.78, 5) is 11.8. The molecule has 0 saturated heterocycles. The molecule has 2 N–H and O–H groups in total. The number of hydrogen-bond acceptors (Lipinski definition) is 3. The first-order valence-corrected chi connectivity index (χ1v) is 6.80. The van der Waals surface area contributed by atoms with E-state index in [0.717, 1.165) is 18.4 Å². The van der Waals surface area contributed by atoms with Gasteiger partial charge in [-0.25, -0.2) is 0 Å². The molecule has 0 fully saturated rings. The molecule has 0 bridgehead atoms. The molecule has 0 radical (unpaired) electrons. The molecule has 0 aliphatic rings. The van der Waals surface area contributed by atoms with Crippen molar-refractivity contribution in [2.45, 2.75) is 32.2 Å².